The van der Waals surface area contributed by atoms with Gasteiger partial charge in [-0.25, -0.2) is 4.79 Å². The van der Waals surface area contributed by atoms with Gasteiger partial charge in [0.1, 0.15) is 0 Å². The van der Waals surface area contributed by atoms with Crippen LogP contribution in [0.5, 0.6) is 0 Å². The first-order valence-electron chi connectivity index (χ1n) is 3.90. The first kappa shape index (κ1) is 11.6. The van der Waals surface area contributed by atoms with Gasteiger partial charge in [0.2, 0.25) is 0 Å². The van der Waals surface area contributed by atoms with Crippen molar-refractivity contribution < 1.29 is 9.90 Å². The van der Waals surface area contributed by atoms with Crippen LogP contribution in [0.4, 0.5) is 0 Å². The van der Waals surface area contributed by atoms with Crippen LogP contribution in [-0.4, -0.2) is 21.1 Å². The lowest BCUT2D eigenvalue weighted by Gasteiger charge is -2.20. The van der Waals surface area contributed by atoms with Gasteiger partial charge in [-0.15, -0.1) is 11.8 Å². The van der Waals surface area contributed by atoms with Crippen molar-refractivity contribution in [1.82, 2.24) is 0 Å². The summed E-state index contributed by atoms with van der Waals surface area (Å²) < 4.78 is 0.183. The van der Waals surface area contributed by atoms with Gasteiger partial charge in [0.05, 0.1) is 0 Å². The number of aliphatic carboxylic acids is 1. The normalized spacial score (nSPS) is 15.0. The minimum absolute atomic E-state index is 0.183. The van der Waals surface area contributed by atoms with E-state index in [1.807, 2.05) is 6.92 Å². The minimum Gasteiger partial charge on any atom is -0.478 e. The van der Waals surface area contributed by atoms with Crippen molar-refractivity contribution in [3.8, 4) is 0 Å². The summed E-state index contributed by atoms with van der Waals surface area (Å²) in [5.74, 6) is -0.878. The average molecular weight is 188 g/mol. The molecule has 0 spiro atoms. The Morgan fingerprint density at radius 1 is 1.50 bits per heavy atom. The Morgan fingerprint density at radius 2 is 2.00 bits per heavy atom. The Labute approximate surface area is 78.0 Å². The van der Waals surface area contributed by atoms with Crippen molar-refractivity contribution in [3.63, 3.8) is 0 Å². The van der Waals surface area contributed by atoms with Crippen LogP contribution < -0.4 is 0 Å². The fourth-order valence-electron chi connectivity index (χ4n) is 0.815. The highest BCUT2D eigenvalue weighted by atomic mass is 32.2. The molecule has 0 heterocycles. The molecule has 0 saturated carbocycles. The van der Waals surface area contributed by atoms with Crippen LogP contribution >= 0.6 is 11.8 Å². The molecule has 70 valence electrons. The maximum Gasteiger partial charge on any atom is 0.328 e. The molecule has 1 unspecified atom stereocenters. The second-order valence-corrected chi connectivity index (χ2v) is 5.84. The van der Waals surface area contributed by atoms with Crippen LogP contribution in [-0.2, 0) is 4.79 Å². The van der Waals surface area contributed by atoms with Crippen molar-refractivity contribution in [2.45, 2.75) is 37.7 Å². The monoisotopic (exact) mass is 188 g/mol. The average Bonchev–Trinajstić information content (AvgIpc) is 1.79. The van der Waals surface area contributed by atoms with E-state index >= 15 is 0 Å². The summed E-state index contributed by atoms with van der Waals surface area (Å²) in [4.78, 5) is 10.2. The summed E-state index contributed by atoms with van der Waals surface area (Å²) in [6, 6.07) is 0. The molecular weight excluding hydrogens is 172 g/mol. The lowest BCUT2D eigenvalue weighted by molar-refractivity contribution is -0.131. The lowest BCUT2D eigenvalue weighted by atomic mass is 10.3. The third-order valence-electron chi connectivity index (χ3n) is 1.05. The second-order valence-electron chi connectivity index (χ2n) is 3.63. The molecule has 0 fully saturated rings. The standard InChI is InChI=1S/C9H16O2S/c1-7(5-6-8(10)11)12-9(2,3)4/h5-7H,1-4H3,(H,10,11). The maximum atomic E-state index is 10.2. The van der Waals surface area contributed by atoms with E-state index in [-0.39, 0.29) is 10.00 Å². The van der Waals surface area contributed by atoms with Crippen LogP contribution in [0.3, 0.4) is 0 Å². The summed E-state index contributed by atoms with van der Waals surface area (Å²) in [5.41, 5.74) is 0. The second kappa shape index (κ2) is 4.55. The van der Waals surface area contributed by atoms with Gasteiger partial charge in [0.15, 0.2) is 0 Å². The quantitative estimate of drug-likeness (QED) is 0.692. The third-order valence-corrected chi connectivity index (χ3v) is 2.29. The molecule has 0 aromatic carbocycles. The van der Waals surface area contributed by atoms with Gasteiger partial charge < -0.3 is 5.11 Å². The molecule has 0 amide bonds. The van der Waals surface area contributed by atoms with Gasteiger partial charge in [0, 0.05) is 16.1 Å². The molecule has 1 N–H and O–H groups in total. The fourth-order valence-corrected chi connectivity index (χ4v) is 2.09. The number of hydrogen-bond donors (Lipinski definition) is 1. The Balaban J connectivity index is 3.90. The molecule has 0 radical (unpaired) electrons. The number of hydrogen-bond acceptors (Lipinski definition) is 2. The smallest absolute Gasteiger partial charge is 0.328 e. The van der Waals surface area contributed by atoms with E-state index in [0.717, 1.165) is 0 Å². The largest absolute Gasteiger partial charge is 0.478 e. The number of rotatable bonds is 3. The molecule has 0 aliphatic rings. The van der Waals surface area contributed by atoms with Crippen molar-refractivity contribution in [3.05, 3.63) is 12.2 Å². The molecule has 0 bridgehead atoms. The van der Waals surface area contributed by atoms with Gasteiger partial charge in [-0.1, -0.05) is 26.8 Å². The summed E-state index contributed by atoms with van der Waals surface area (Å²) in [6.45, 7) is 8.34. The summed E-state index contributed by atoms with van der Waals surface area (Å²) in [6.07, 6.45) is 2.90. The number of carboxylic acid groups (broad SMARTS) is 1. The summed E-state index contributed by atoms with van der Waals surface area (Å²) in [5, 5.41) is 8.62. The molecule has 1 atom stereocenters. The Kier molecular flexibility index (Phi) is 4.39. The van der Waals surface area contributed by atoms with Crippen molar-refractivity contribution in [1.29, 1.82) is 0 Å². The van der Waals surface area contributed by atoms with Gasteiger partial charge in [-0.2, -0.15) is 0 Å². The van der Waals surface area contributed by atoms with Gasteiger partial charge in [-0.3, -0.25) is 0 Å². The maximum absolute atomic E-state index is 10.2. The highest BCUT2D eigenvalue weighted by Crippen LogP contribution is 2.28. The molecule has 0 aromatic rings. The molecule has 2 nitrogen and oxygen atoms in total. The van der Waals surface area contributed by atoms with Crippen molar-refractivity contribution in [2.75, 3.05) is 0 Å². The van der Waals surface area contributed by atoms with Crippen LogP contribution in [0.1, 0.15) is 27.7 Å². The Hall–Kier alpha value is -0.440. The first-order chi connectivity index (χ1) is 5.31. The van der Waals surface area contributed by atoms with Crippen LogP contribution in [0.25, 0.3) is 0 Å². The van der Waals surface area contributed by atoms with Crippen molar-refractivity contribution in [2.24, 2.45) is 0 Å². The number of thioether (sulfide) groups is 1. The van der Waals surface area contributed by atoms with Crippen LogP contribution in [0, 0.1) is 0 Å². The third kappa shape index (κ3) is 7.66. The van der Waals surface area contributed by atoms with Gasteiger partial charge in [-0.05, 0) is 6.92 Å². The summed E-state index contributed by atoms with van der Waals surface area (Å²) >= 11 is 1.75. The van der Waals surface area contributed by atoms with Gasteiger partial charge in [0.25, 0.3) is 0 Å². The highest BCUT2D eigenvalue weighted by molar-refractivity contribution is 8.01. The molecule has 0 aliphatic heterocycles. The molecular formula is C9H16O2S. The number of carboxylic acids is 1. The van der Waals surface area contributed by atoms with Crippen LogP contribution in [0.15, 0.2) is 12.2 Å². The predicted octanol–water partition coefficient (Wildman–Crippen LogP) is 2.55. The minimum atomic E-state index is -0.878. The van der Waals surface area contributed by atoms with E-state index in [1.165, 1.54) is 6.08 Å². The van der Waals surface area contributed by atoms with Crippen LogP contribution in [0.2, 0.25) is 0 Å². The van der Waals surface area contributed by atoms with E-state index in [9.17, 15) is 4.79 Å². The summed E-state index contributed by atoms with van der Waals surface area (Å²) in [7, 11) is 0. The zero-order valence-electron chi connectivity index (χ0n) is 8.00. The number of carbonyl (C=O) groups is 1. The van der Waals surface area contributed by atoms with Crippen molar-refractivity contribution >= 4 is 17.7 Å². The Morgan fingerprint density at radius 3 is 2.33 bits per heavy atom. The zero-order valence-corrected chi connectivity index (χ0v) is 8.81. The van der Waals surface area contributed by atoms with E-state index in [0.29, 0.717) is 0 Å². The molecule has 0 aromatic heterocycles. The highest BCUT2D eigenvalue weighted by Gasteiger charge is 2.13. The van der Waals surface area contributed by atoms with E-state index in [2.05, 4.69) is 20.8 Å². The first-order valence-corrected chi connectivity index (χ1v) is 4.78. The Bertz CT molecular complexity index is 179. The molecule has 3 heteroatoms. The lowest BCUT2D eigenvalue weighted by Crippen LogP contribution is -2.12. The fraction of sp³-hybridized carbons (Fsp3) is 0.667. The topological polar surface area (TPSA) is 37.3 Å². The molecule has 0 rings (SSSR count). The SMILES string of the molecule is CC(C=CC(=O)O)SC(C)(C)C. The van der Waals surface area contributed by atoms with E-state index < -0.39 is 5.97 Å². The van der Waals surface area contributed by atoms with Gasteiger partial charge >= 0.3 is 5.97 Å². The molecule has 0 aliphatic carbocycles. The predicted molar refractivity (Wildman–Crippen MR) is 53.6 cm³/mol. The molecule has 0 saturated heterocycles. The molecule has 12 heavy (non-hydrogen) atoms. The van der Waals surface area contributed by atoms with E-state index in [4.69, 9.17) is 5.11 Å². The van der Waals surface area contributed by atoms with E-state index in [1.54, 1.807) is 17.8 Å². The zero-order chi connectivity index (χ0) is 9.78.